The van der Waals surface area contributed by atoms with Crippen LogP contribution in [0.2, 0.25) is 0 Å². The number of para-hydroxylation sites is 2. The topological polar surface area (TPSA) is 206 Å². The molecular weight excluding hydrogens is 784 g/mol. The lowest BCUT2D eigenvalue weighted by Crippen LogP contribution is -2.17. The Bertz CT molecular complexity index is 1890. The van der Waals surface area contributed by atoms with Crippen LogP contribution < -0.4 is 20.1 Å². The number of ether oxygens (including phenoxy) is 2. The number of carboxylic acid groups (broad SMARTS) is 3. The SMILES string of the molecule is COc1ccc(/C=C/C(=O)Nc2ccccc2C(=O)O)cc1Br.COc1ccc(C=O)cc1Br.O=C(O)CC(=O)Nc1ccccc1C(=O)O. The number of hydrogen-bond acceptors (Lipinski definition) is 8. The molecule has 4 aromatic rings. The van der Waals surface area contributed by atoms with Gasteiger partial charge in [-0.1, -0.05) is 30.3 Å². The maximum Gasteiger partial charge on any atom is 0.337 e. The van der Waals surface area contributed by atoms with E-state index in [0.717, 1.165) is 26.5 Å². The molecule has 0 bridgehead atoms. The molecule has 0 atom stereocenters. The van der Waals surface area contributed by atoms with Gasteiger partial charge in [0.05, 0.1) is 45.7 Å². The number of benzene rings is 4. The molecule has 5 N–H and O–H groups in total. The Hall–Kier alpha value is -5.80. The summed E-state index contributed by atoms with van der Waals surface area (Å²) in [5.74, 6) is -3.30. The van der Waals surface area contributed by atoms with Crippen LogP contribution in [0.4, 0.5) is 11.4 Å². The Morgan fingerprint density at radius 1 is 0.680 bits per heavy atom. The molecule has 260 valence electrons. The zero-order chi connectivity index (χ0) is 37.2. The van der Waals surface area contributed by atoms with Gasteiger partial charge in [-0.15, -0.1) is 0 Å². The second-order valence-corrected chi connectivity index (χ2v) is 11.3. The smallest absolute Gasteiger partial charge is 0.337 e. The number of aromatic carboxylic acids is 2. The van der Waals surface area contributed by atoms with Crippen LogP contribution in [-0.4, -0.2) is 65.5 Å². The van der Waals surface area contributed by atoms with Crippen LogP contribution in [0.15, 0.2) is 100.0 Å². The first-order chi connectivity index (χ1) is 23.8. The highest BCUT2D eigenvalue weighted by Gasteiger charge is 2.13. The van der Waals surface area contributed by atoms with Crippen LogP contribution in [-0.2, 0) is 14.4 Å². The van der Waals surface area contributed by atoms with Crippen molar-refractivity contribution in [3.8, 4) is 11.5 Å². The first kappa shape index (κ1) is 40.4. The monoisotopic (exact) mass is 812 g/mol. The van der Waals surface area contributed by atoms with Gasteiger partial charge in [0.25, 0.3) is 0 Å². The minimum Gasteiger partial charge on any atom is -0.496 e. The van der Waals surface area contributed by atoms with E-state index in [2.05, 4.69) is 42.5 Å². The molecule has 0 fully saturated rings. The summed E-state index contributed by atoms with van der Waals surface area (Å²) in [7, 11) is 3.16. The molecule has 2 amide bonds. The Balaban J connectivity index is 0.000000279. The molecule has 0 saturated heterocycles. The number of aldehydes is 1. The fourth-order valence-electron chi connectivity index (χ4n) is 3.78. The van der Waals surface area contributed by atoms with Crippen molar-refractivity contribution in [3.05, 3.63) is 122 Å². The van der Waals surface area contributed by atoms with Gasteiger partial charge in [-0.3, -0.25) is 19.2 Å². The fourth-order valence-corrected chi connectivity index (χ4v) is 4.89. The van der Waals surface area contributed by atoms with E-state index in [0.29, 0.717) is 11.3 Å². The molecular formula is C35H30Br2N2O11. The normalized spacial score (nSPS) is 9.92. The van der Waals surface area contributed by atoms with Gasteiger partial charge >= 0.3 is 17.9 Å². The molecule has 0 aromatic heterocycles. The van der Waals surface area contributed by atoms with E-state index in [1.807, 2.05) is 6.07 Å². The number of carbonyl (C=O) groups excluding carboxylic acids is 3. The van der Waals surface area contributed by atoms with Crippen molar-refractivity contribution in [2.45, 2.75) is 6.42 Å². The van der Waals surface area contributed by atoms with Crippen molar-refractivity contribution in [2.24, 2.45) is 0 Å². The van der Waals surface area contributed by atoms with E-state index in [9.17, 15) is 28.8 Å². The van der Waals surface area contributed by atoms with Gasteiger partial charge in [-0.05, 0) is 98.1 Å². The molecule has 4 rings (SSSR count). The van der Waals surface area contributed by atoms with Gasteiger partial charge in [-0.25, -0.2) is 9.59 Å². The average Bonchev–Trinajstić information content (AvgIpc) is 3.08. The highest BCUT2D eigenvalue weighted by Crippen LogP contribution is 2.26. The van der Waals surface area contributed by atoms with Gasteiger partial charge in [-0.2, -0.15) is 0 Å². The minimum absolute atomic E-state index is 0.0430. The van der Waals surface area contributed by atoms with Crippen LogP contribution in [0.5, 0.6) is 11.5 Å². The number of halogens is 2. The maximum atomic E-state index is 11.9. The molecule has 13 nitrogen and oxygen atoms in total. The van der Waals surface area contributed by atoms with E-state index in [-0.39, 0.29) is 22.5 Å². The summed E-state index contributed by atoms with van der Waals surface area (Å²) in [5, 5.41) is 31.0. The number of nitrogens with one attached hydrogen (secondary N) is 2. The quantitative estimate of drug-likeness (QED) is 0.0600. The Kier molecular flexibility index (Phi) is 16.6. The number of rotatable bonds is 11. The van der Waals surface area contributed by atoms with E-state index in [4.69, 9.17) is 24.8 Å². The number of carboxylic acids is 3. The number of methoxy groups -OCH3 is 2. The van der Waals surface area contributed by atoms with Gasteiger partial charge in [0, 0.05) is 11.6 Å². The number of anilines is 2. The molecule has 0 aliphatic carbocycles. The molecule has 0 radical (unpaired) electrons. The maximum absolute atomic E-state index is 11.9. The van der Waals surface area contributed by atoms with Gasteiger partial charge in [0.15, 0.2) is 0 Å². The van der Waals surface area contributed by atoms with Crippen molar-refractivity contribution in [1.29, 1.82) is 0 Å². The molecule has 0 unspecified atom stereocenters. The zero-order valence-corrected chi connectivity index (χ0v) is 29.6. The van der Waals surface area contributed by atoms with Crippen LogP contribution in [0.1, 0.15) is 43.1 Å². The van der Waals surface area contributed by atoms with Crippen molar-refractivity contribution < 1.29 is 53.6 Å². The summed E-state index contributed by atoms with van der Waals surface area (Å²) < 4.78 is 11.7. The van der Waals surface area contributed by atoms with E-state index in [1.165, 1.54) is 30.3 Å². The van der Waals surface area contributed by atoms with E-state index >= 15 is 0 Å². The largest absolute Gasteiger partial charge is 0.496 e. The molecule has 4 aromatic carbocycles. The summed E-state index contributed by atoms with van der Waals surface area (Å²) >= 11 is 6.63. The third kappa shape index (κ3) is 13.4. The minimum atomic E-state index is -1.27. The lowest BCUT2D eigenvalue weighted by atomic mass is 10.1. The van der Waals surface area contributed by atoms with Crippen LogP contribution in [0.3, 0.4) is 0 Å². The fraction of sp³-hybridized carbons (Fsp3) is 0.0857. The van der Waals surface area contributed by atoms with Crippen LogP contribution in [0, 0.1) is 0 Å². The summed E-state index contributed by atoms with van der Waals surface area (Å²) in [6.07, 6.45) is 3.06. The lowest BCUT2D eigenvalue weighted by molar-refractivity contribution is -0.139. The van der Waals surface area contributed by atoms with Crippen molar-refractivity contribution in [3.63, 3.8) is 0 Å². The molecule has 15 heteroatoms. The predicted octanol–water partition coefficient (Wildman–Crippen LogP) is 6.88. The first-order valence-corrected chi connectivity index (χ1v) is 15.7. The van der Waals surface area contributed by atoms with Gasteiger partial charge < -0.3 is 35.4 Å². The lowest BCUT2D eigenvalue weighted by Gasteiger charge is -2.06. The average molecular weight is 814 g/mol. The van der Waals surface area contributed by atoms with Crippen molar-refractivity contribution in [1.82, 2.24) is 0 Å². The summed E-state index contributed by atoms with van der Waals surface area (Å²) in [6, 6.07) is 22.6. The molecule has 0 saturated carbocycles. The van der Waals surface area contributed by atoms with Gasteiger partial charge in [0.2, 0.25) is 11.8 Å². The zero-order valence-electron chi connectivity index (χ0n) is 26.4. The Morgan fingerprint density at radius 3 is 1.58 bits per heavy atom. The molecule has 0 heterocycles. The van der Waals surface area contributed by atoms with Crippen molar-refractivity contribution in [2.75, 3.05) is 24.9 Å². The Labute approximate surface area is 302 Å². The highest BCUT2D eigenvalue weighted by molar-refractivity contribution is 9.11. The molecule has 50 heavy (non-hydrogen) atoms. The van der Waals surface area contributed by atoms with Gasteiger partial charge in [0.1, 0.15) is 24.2 Å². The number of carbonyl (C=O) groups is 6. The second-order valence-electron chi connectivity index (χ2n) is 9.55. The number of aliphatic carboxylic acids is 1. The van der Waals surface area contributed by atoms with Crippen molar-refractivity contribution >= 4 is 85.3 Å². The standard InChI is InChI=1S/C17H14BrNO4.C10H9NO5.C8H7BrO2/c1-23-15-8-6-11(10-13(15)18)7-9-16(20)19-14-5-3-2-4-12(14)17(21)22;12-8(5-9(13)14)11-7-4-2-1-3-6(7)10(15)16;1-11-8-3-2-6(5-10)4-7(8)9/h2-10H,1H3,(H,19,20)(H,21,22);1-4H,5H2,(H,11,12)(H,13,14)(H,15,16);2-5H,1H3/b9-7+;;. The summed E-state index contributed by atoms with van der Waals surface area (Å²) in [4.78, 5) is 65.4. The molecule has 0 aliphatic heterocycles. The third-order valence-corrected chi connectivity index (χ3v) is 7.31. The summed E-state index contributed by atoms with van der Waals surface area (Å²) in [5.41, 5.74) is 1.74. The van der Waals surface area contributed by atoms with E-state index in [1.54, 1.807) is 74.9 Å². The number of hydrogen-bond donors (Lipinski definition) is 5. The molecule has 0 aliphatic rings. The molecule has 0 spiro atoms. The van der Waals surface area contributed by atoms with Crippen LogP contribution in [0.25, 0.3) is 6.08 Å². The number of amides is 2. The second kappa shape index (κ2) is 20.5. The van der Waals surface area contributed by atoms with E-state index < -0.39 is 36.1 Å². The predicted molar refractivity (Wildman–Crippen MR) is 192 cm³/mol. The van der Waals surface area contributed by atoms with Crippen LogP contribution >= 0.6 is 31.9 Å². The highest BCUT2D eigenvalue weighted by atomic mass is 79.9. The summed E-state index contributed by atoms with van der Waals surface area (Å²) in [6.45, 7) is 0. The third-order valence-electron chi connectivity index (χ3n) is 6.07. The Morgan fingerprint density at radius 2 is 1.14 bits per heavy atom. The first-order valence-electron chi connectivity index (χ1n) is 14.1.